The van der Waals surface area contributed by atoms with E-state index in [0.29, 0.717) is 25.0 Å². The minimum atomic E-state index is -0.511. The van der Waals surface area contributed by atoms with Crippen molar-refractivity contribution in [2.45, 2.75) is 204 Å². The maximum atomic E-state index is 10.3. The van der Waals surface area contributed by atoms with Crippen molar-refractivity contribution in [3.05, 3.63) is 0 Å². The third-order valence-electron chi connectivity index (χ3n) is 10.7. The van der Waals surface area contributed by atoms with Crippen molar-refractivity contribution in [1.82, 2.24) is 0 Å². The summed E-state index contributed by atoms with van der Waals surface area (Å²) in [5, 5.41) is 10.3. The summed E-state index contributed by atoms with van der Waals surface area (Å²) in [7, 11) is 0. The van der Waals surface area contributed by atoms with Gasteiger partial charge in [-0.1, -0.05) is 185 Å². The number of rotatable bonds is 34. The number of ether oxygens (including phenoxy) is 2. The monoisotopic (exact) mass is 653 g/mol. The van der Waals surface area contributed by atoms with E-state index in [2.05, 4.69) is 69.2 Å². The smallest absolute Gasteiger partial charge is 0.101 e. The number of hydrogen-bond donors (Lipinski definition) is 1. The van der Waals surface area contributed by atoms with Gasteiger partial charge >= 0.3 is 0 Å². The van der Waals surface area contributed by atoms with E-state index in [1.54, 1.807) is 0 Å². The topological polar surface area (TPSA) is 38.7 Å². The Balaban J connectivity index is 3.64. The molecule has 0 amide bonds. The summed E-state index contributed by atoms with van der Waals surface area (Å²) in [6.07, 6.45) is 26.4. The molecule has 0 spiro atoms. The van der Waals surface area contributed by atoms with Crippen LogP contribution >= 0.6 is 0 Å². The van der Waals surface area contributed by atoms with Gasteiger partial charge in [-0.2, -0.15) is 0 Å². The molecule has 3 nitrogen and oxygen atoms in total. The maximum Gasteiger partial charge on any atom is 0.101 e. The molecule has 3 heteroatoms. The van der Waals surface area contributed by atoms with E-state index in [4.69, 9.17) is 9.47 Å². The fourth-order valence-electron chi connectivity index (χ4n) is 6.93. The van der Waals surface area contributed by atoms with E-state index in [-0.39, 0.29) is 0 Å². The molecule has 0 heterocycles. The lowest BCUT2D eigenvalue weighted by Crippen LogP contribution is -2.23. The summed E-state index contributed by atoms with van der Waals surface area (Å²) in [6, 6.07) is 0. The minimum Gasteiger partial charge on any atom is -0.388 e. The highest BCUT2D eigenvalue weighted by Gasteiger charge is 2.11. The highest BCUT2D eigenvalue weighted by molar-refractivity contribution is 4.63. The Morgan fingerprint density at radius 3 is 0.783 bits per heavy atom. The zero-order chi connectivity index (χ0) is 34.6. The van der Waals surface area contributed by atoms with Crippen LogP contribution in [-0.2, 0) is 9.47 Å². The van der Waals surface area contributed by atoms with Crippen LogP contribution < -0.4 is 0 Å². The van der Waals surface area contributed by atoms with Crippen LogP contribution in [0.1, 0.15) is 198 Å². The van der Waals surface area contributed by atoms with Gasteiger partial charge in [-0.15, -0.1) is 0 Å². The van der Waals surface area contributed by atoms with Crippen LogP contribution in [0, 0.1) is 47.3 Å². The lowest BCUT2D eigenvalue weighted by atomic mass is 9.91. The first-order valence-corrected chi connectivity index (χ1v) is 20.7. The normalized spacial score (nSPS) is 16.9. The second-order valence-corrected chi connectivity index (χ2v) is 17.4. The minimum absolute atomic E-state index is 0.393. The molecule has 278 valence electrons. The van der Waals surface area contributed by atoms with Gasteiger partial charge in [0.25, 0.3) is 0 Å². The average molecular weight is 653 g/mol. The van der Waals surface area contributed by atoms with Crippen LogP contribution in [0.15, 0.2) is 0 Å². The largest absolute Gasteiger partial charge is 0.388 e. The molecule has 0 radical (unpaired) electrons. The fourth-order valence-corrected chi connectivity index (χ4v) is 6.93. The molecule has 0 saturated heterocycles. The first kappa shape index (κ1) is 45.9. The van der Waals surface area contributed by atoms with Crippen LogP contribution in [0.2, 0.25) is 0 Å². The van der Waals surface area contributed by atoms with Crippen LogP contribution in [0.4, 0.5) is 0 Å². The predicted octanol–water partition coefficient (Wildman–Crippen LogP) is 13.3. The van der Waals surface area contributed by atoms with Crippen LogP contribution in [-0.4, -0.2) is 37.6 Å². The van der Waals surface area contributed by atoms with E-state index in [9.17, 15) is 5.11 Å². The lowest BCUT2D eigenvalue weighted by Gasteiger charge is -2.17. The van der Waals surface area contributed by atoms with Crippen molar-refractivity contribution in [3.63, 3.8) is 0 Å². The zero-order valence-corrected chi connectivity index (χ0v) is 33.4. The maximum absolute atomic E-state index is 10.3. The second kappa shape index (κ2) is 30.9. The van der Waals surface area contributed by atoms with Gasteiger partial charge in [0.05, 0.1) is 13.2 Å². The molecule has 0 aliphatic carbocycles. The first-order valence-electron chi connectivity index (χ1n) is 20.7. The molecule has 0 saturated carbocycles. The highest BCUT2D eigenvalue weighted by Crippen LogP contribution is 2.24. The second-order valence-electron chi connectivity index (χ2n) is 17.4. The third-order valence-corrected chi connectivity index (χ3v) is 10.7. The van der Waals surface area contributed by atoms with Crippen molar-refractivity contribution in [2.75, 3.05) is 26.4 Å². The molecule has 2 unspecified atom stereocenters. The number of aliphatic hydroxyl groups is 1. The summed E-state index contributed by atoms with van der Waals surface area (Å²) >= 11 is 0. The van der Waals surface area contributed by atoms with Crippen molar-refractivity contribution >= 4 is 0 Å². The molecule has 0 aliphatic rings. The molecule has 0 aliphatic heterocycles. The molecule has 0 aromatic heterocycles. The predicted molar refractivity (Wildman–Crippen MR) is 205 cm³/mol. The van der Waals surface area contributed by atoms with Gasteiger partial charge in [0.2, 0.25) is 0 Å². The Labute approximate surface area is 291 Å². The number of aliphatic hydroxyl groups excluding tert-OH is 1. The van der Waals surface area contributed by atoms with Gasteiger partial charge in [0.15, 0.2) is 0 Å². The van der Waals surface area contributed by atoms with E-state index in [1.165, 1.54) is 116 Å². The van der Waals surface area contributed by atoms with Gasteiger partial charge in [0, 0.05) is 13.2 Å². The summed E-state index contributed by atoms with van der Waals surface area (Å²) in [4.78, 5) is 0. The Morgan fingerprint density at radius 2 is 0.543 bits per heavy atom. The Kier molecular flexibility index (Phi) is 30.8. The molecule has 0 aromatic rings. The molecular weight excluding hydrogens is 564 g/mol. The van der Waals surface area contributed by atoms with Crippen molar-refractivity contribution in [1.29, 1.82) is 0 Å². The standard InChI is InChI=1S/C43H88O3/c1-35(2)17-11-19-37(5)21-13-23-39(7)25-15-27-41(9)29-31-45-33-43(44)34-46-32-30-42(10)28-16-26-40(8)24-14-22-38(6)20-12-18-36(3)4/h35-44H,11-34H2,1-10H3/t37-,38-,39-,40-,41?,42?,43?/m1/s1. The van der Waals surface area contributed by atoms with Crippen molar-refractivity contribution in [2.24, 2.45) is 47.3 Å². The quantitative estimate of drug-likeness (QED) is 0.0703. The SMILES string of the molecule is CC(C)CCC[C@@H](C)CCC[C@@H](C)CCCC(C)CCOCC(O)COCCC(C)CCC[C@H](C)CCC[C@H](C)CCCC(C)C. The van der Waals surface area contributed by atoms with Crippen molar-refractivity contribution in [3.8, 4) is 0 Å². The van der Waals surface area contributed by atoms with Gasteiger partial charge in [-0.05, 0) is 60.2 Å². The fraction of sp³-hybridized carbons (Fsp3) is 1.00. The Morgan fingerprint density at radius 1 is 0.326 bits per heavy atom. The molecule has 46 heavy (non-hydrogen) atoms. The molecule has 0 aromatic carbocycles. The van der Waals surface area contributed by atoms with Gasteiger partial charge in [-0.3, -0.25) is 0 Å². The van der Waals surface area contributed by atoms with E-state index in [1.807, 2.05) is 0 Å². The highest BCUT2D eigenvalue weighted by atomic mass is 16.5. The van der Waals surface area contributed by atoms with Crippen molar-refractivity contribution < 1.29 is 14.6 Å². The Bertz CT molecular complexity index is 567. The summed E-state index contributed by atoms with van der Waals surface area (Å²) in [5.41, 5.74) is 0. The Hall–Kier alpha value is -0.120. The molecule has 6 atom stereocenters. The van der Waals surface area contributed by atoms with Gasteiger partial charge in [-0.25, -0.2) is 0 Å². The molecule has 0 fully saturated rings. The van der Waals surface area contributed by atoms with E-state index in [0.717, 1.165) is 61.6 Å². The molecule has 0 bridgehead atoms. The summed E-state index contributed by atoms with van der Waals surface area (Å²) in [6.45, 7) is 26.1. The van der Waals surface area contributed by atoms with Crippen LogP contribution in [0.3, 0.4) is 0 Å². The van der Waals surface area contributed by atoms with E-state index >= 15 is 0 Å². The summed E-state index contributed by atoms with van der Waals surface area (Å²) < 4.78 is 11.6. The van der Waals surface area contributed by atoms with Crippen LogP contribution in [0.5, 0.6) is 0 Å². The van der Waals surface area contributed by atoms with Gasteiger partial charge < -0.3 is 14.6 Å². The summed E-state index contributed by atoms with van der Waals surface area (Å²) in [5.74, 6) is 6.58. The number of hydrogen-bond acceptors (Lipinski definition) is 3. The zero-order valence-electron chi connectivity index (χ0n) is 33.4. The lowest BCUT2D eigenvalue weighted by molar-refractivity contribution is -0.0230. The van der Waals surface area contributed by atoms with E-state index < -0.39 is 6.10 Å². The molecular formula is C43H88O3. The first-order chi connectivity index (χ1) is 21.9. The average Bonchev–Trinajstić information content (AvgIpc) is 2.97. The van der Waals surface area contributed by atoms with Crippen LogP contribution in [0.25, 0.3) is 0 Å². The van der Waals surface area contributed by atoms with Gasteiger partial charge in [0.1, 0.15) is 6.10 Å². The molecule has 1 N–H and O–H groups in total. The molecule has 0 rings (SSSR count). The third kappa shape index (κ3) is 32.4.